The van der Waals surface area contributed by atoms with Gasteiger partial charge in [-0.05, 0) is 24.6 Å². The molecule has 0 saturated carbocycles. The van der Waals surface area contributed by atoms with Gasteiger partial charge in [-0.25, -0.2) is 0 Å². The number of phenols is 1. The number of carbonyl (C=O) groups excluding carboxylic acids is 2. The molecular formula is C17H20N4O3. The smallest absolute Gasteiger partial charge is 0.266 e. The first-order chi connectivity index (χ1) is 11.4. The lowest BCUT2D eigenvalue weighted by Crippen LogP contribution is -2.50. The van der Waals surface area contributed by atoms with Crippen LogP contribution in [0.25, 0.3) is 0 Å². The fourth-order valence-corrected chi connectivity index (χ4v) is 2.45. The van der Waals surface area contributed by atoms with E-state index in [1.165, 1.54) is 13.1 Å². The molecule has 24 heavy (non-hydrogen) atoms. The molecule has 1 aliphatic heterocycles. The lowest BCUT2D eigenvalue weighted by atomic mass is 10.2. The highest BCUT2D eigenvalue weighted by Gasteiger charge is 2.24. The molecule has 0 spiro atoms. The molecule has 0 unspecified atom stereocenters. The predicted octanol–water partition coefficient (Wildman–Crippen LogP) is 1.21. The van der Waals surface area contributed by atoms with Gasteiger partial charge in [-0.2, -0.15) is 5.26 Å². The minimum Gasteiger partial charge on any atom is -0.506 e. The van der Waals surface area contributed by atoms with Crippen molar-refractivity contribution in [2.24, 2.45) is 0 Å². The molecule has 1 heterocycles. The van der Waals surface area contributed by atoms with Gasteiger partial charge < -0.3 is 20.2 Å². The summed E-state index contributed by atoms with van der Waals surface area (Å²) >= 11 is 0. The molecule has 2 rings (SSSR count). The maximum absolute atomic E-state index is 12.4. The highest BCUT2D eigenvalue weighted by molar-refractivity contribution is 5.97. The maximum Gasteiger partial charge on any atom is 0.266 e. The van der Waals surface area contributed by atoms with Crippen molar-refractivity contribution in [2.75, 3.05) is 31.5 Å². The molecule has 1 aromatic carbocycles. The number of anilines is 1. The number of phenolic OH excluding ortho intramolecular Hbond substituents is 1. The lowest BCUT2D eigenvalue weighted by Gasteiger charge is -2.34. The Morgan fingerprint density at radius 2 is 1.88 bits per heavy atom. The number of aryl methyl sites for hydroxylation is 1. The summed E-state index contributed by atoms with van der Waals surface area (Å²) in [4.78, 5) is 26.9. The van der Waals surface area contributed by atoms with Crippen molar-refractivity contribution in [1.82, 2.24) is 9.80 Å². The number of hydrogen-bond donors (Lipinski definition) is 2. The fourth-order valence-electron chi connectivity index (χ4n) is 2.45. The first-order valence-corrected chi connectivity index (χ1v) is 7.63. The molecule has 7 heteroatoms. The van der Waals surface area contributed by atoms with Crippen molar-refractivity contribution in [3.8, 4) is 11.8 Å². The number of amides is 2. The van der Waals surface area contributed by atoms with E-state index in [1.807, 2.05) is 19.1 Å². The van der Waals surface area contributed by atoms with Crippen LogP contribution in [0.3, 0.4) is 0 Å². The molecule has 126 valence electrons. The summed E-state index contributed by atoms with van der Waals surface area (Å²) in [7, 11) is 0. The van der Waals surface area contributed by atoms with Gasteiger partial charge in [0.1, 0.15) is 17.4 Å². The van der Waals surface area contributed by atoms with Gasteiger partial charge in [-0.3, -0.25) is 9.59 Å². The number of benzene rings is 1. The summed E-state index contributed by atoms with van der Waals surface area (Å²) in [5.74, 6) is -0.361. The second kappa shape index (κ2) is 7.51. The van der Waals surface area contributed by atoms with Gasteiger partial charge in [0.25, 0.3) is 5.91 Å². The predicted molar refractivity (Wildman–Crippen MR) is 89.0 cm³/mol. The molecule has 1 aromatic rings. The van der Waals surface area contributed by atoms with Crippen molar-refractivity contribution in [2.45, 2.75) is 13.8 Å². The number of hydrogen-bond acceptors (Lipinski definition) is 5. The molecular weight excluding hydrogens is 308 g/mol. The number of carbonyl (C=O) groups is 2. The molecule has 0 bridgehead atoms. The van der Waals surface area contributed by atoms with Crippen LogP contribution < -0.4 is 5.32 Å². The standard InChI is InChI=1S/C17H20N4O3/c1-12-3-4-15(16(23)9-12)19-11-14(10-18)17(24)21-7-5-20(6-8-21)13(2)22/h3-4,9,11,19,23H,5-8H2,1-2H3/b14-11-. The minimum absolute atomic E-state index is 0.0188. The van der Waals surface area contributed by atoms with Crippen molar-refractivity contribution in [3.05, 3.63) is 35.5 Å². The number of nitrogens with one attached hydrogen (secondary N) is 1. The fraction of sp³-hybridized carbons (Fsp3) is 0.353. The monoisotopic (exact) mass is 328 g/mol. The zero-order chi connectivity index (χ0) is 17.7. The third-order valence-corrected chi connectivity index (χ3v) is 3.89. The highest BCUT2D eigenvalue weighted by Crippen LogP contribution is 2.24. The Hall–Kier alpha value is -3.01. The molecule has 0 aliphatic carbocycles. The molecule has 1 aliphatic rings. The Kier molecular flexibility index (Phi) is 5.42. The van der Waals surface area contributed by atoms with Gasteiger partial charge in [0, 0.05) is 39.3 Å². The van der Waals surface area contributed by atoms with E-state index in [0.717, 1.165) is 5.56 Å². The average molecular weight is 328 g/mol. The zero-order valence-corrected chi connectivity index (χ0v) is 13.7. The van der Waals surface area contributed by atoms with Crippen LogP contribution in [0.5, 0.6) is 5.75 Å². The highest BCUT2D eigenvalue weighted by atomic mass is 16.3. The summed E-state index contributed by atoms with van der Waals surface area (Å²) in [6, 6.07) is 6.95. The van der Waals surface area contributed by atoms with Gasteiger partial charge in [0.05, 0.1) is 5.69 Å². The van der Waals surface area contributed by atoms with Crippen molar-refractivity contribution >= 4 is 17.5 Å². The molecule has 2 N–H and O–H groups in total. The van der Waals surface area contributed by atoms with Gasteiger partial charge in [-0.1, -0.05) is 6.07 Å². The maximum atomic E-state index is 12.4. The summed E-state index contributed by atoms with van der Waals surface area (Å²) in [6.07, 6.45) is 1.30. The van der Waals surface area contributed by atoms with E-state index in [4.69, 9.17) is 0 Å². The van der Waals surface area contributed by atoms with Crippen LogP contribution in [0.15, 0.2) is 30.0 Å². The first kappa shape index (κ1) is 17.3. The van der Waals surface area contributed by atoms with E-state index in [0.29, 0.717) is 31.9 Å². The van der Waals surface area contributed by atoms with Crippen LogP contribution in [-0.4, -0.2) is 52.9 Å². The molecule has 0 radical (unpaired) electrons. The average Bonchev–Trinajstić information content (AvgIpc) is 2.57. The third kappa shape index (κ3) is 4.04. The first-order valence-electron chi connectivity index (χ1n) is 7.63. The summed E-state index contributed by atoms with van der Waals surface area (Å²) in [5, 5.41) is 21.9. The van der Waals surface area contributed by atoms with Gasteiger partial charge >= 0.3 is 0 Å². The third-order valence-electron chi connectivity index (χ3n) is 3.89. The van der Waals surface area contributed by atoms with Crippen molar-refractivity contribution in [1.29, 1.82) is 5.26 Å². The van der Waals surface area contributed by atoms with E-state index < -0.39 is 0 Å². The van der Waals surface area contributed by atoms with E-state index >= 15 is 0 Å². The Balaban J connectivity index is 2.04. The molecule has 1 fully saturated rings. The second-order valence-corrected chi connectivity index (χ2v) is 5.63. The van der Waals surface area contributed by atoms with Crippen LogP contribution >= 0.6 is 0 Å². The molecule has 0 aromatic heterocycles. The Morgan fingerprint density at radius 3 is 2.42 bits per heavy atom. The summed E-state index contributed by atoms with van der Waals surface area (Å²) < 4.78 is 0. The largest absolute Gasteiger partial charge is 0.506 e. The molecule has 1 saturated heterocycles. The Labute approximate surface area is 140 Å². The van der Waals surface area contributed by atoms with Gasteiger partial charge in [-0.15, -0.1) is 0 Å². The summed E-state index contributed by atoms with van der Waals surface area (Å²) in [5.41, 5.74) is 1.27. The second-order valence-electron chi connectivity index (χ2n) is 5.63. The topological polar surface area (TPSA) is 96.7 Å². The minimum atomic E-state index is -0.389. The lowest BCUT2D eigenvalue weighted by molar-refractivity contribution is -0.136. The van der Waals surface area contributed by atoms with Crippen molar-refractivity contribution in [3.63, 3.8) is 0 Å². The quantitative estimate of drug-likeness (QED) is 0.494. The molecule has 7 nitrogen and oxygen atoms in total. The van der Waals surface area contributed by atoms with Crippen LogP contribution in [-0.2, 0) is 9.59 Å². The van der Waals surface area contributed by atoms with E-state index in [-0.39, 0.29) is 23.1 Å². The molecule has 2 amide bonds. The number of nitriles is 1. The summed E-state index contributed by atoms with van der Waals surface area (Å²) in [6.45, 7) is 5.07. The SMILES string of the molecule is CC(=O)N1CCN(C(=O)/C(C#N)=C\Nc2ccc(C)cc2O)CC1. The normalized spacial score (nSPS) is 15.0. The number of rotatable bonds is 3. The van der Waals surface area contributed by atoms with E-state index in [1.54, 1.807) is 21.9 Å². The van der Waals surface area contributed by atoms with Crippen molar-refractivity contribution < 1.29 is 14.7 Å². The Morgan fingerprint density at radius 1 is 1.25 bits per heavy atom. The van der Waals surface area contributed by atoms with Gasteiger partial charge in [0.2, 0.25) is 5.91 Å². The van der Waals surface area contributed by atoms with E-state index in [2.05, 4.69) is 5.32 Å². The van der Waals surface area contributed by atoms with Gasteiger partial charge in [0.15, 0.2) is 0 Å². The number of piperazine rings is 1. The van der Waals surface area contributed by atoms with Crippen LogP contribution in [0.4, 0.5) is 5.69 Å². The van der Waals surface area contributed by atoms with Crippen LogP contribution in [0.2, 0.25) is 0 Å². The van der Waals surface area contributed by atoms with Crippen LogP contribution in [0, 0.1) is 18.3 Å². The Bertz CT molecular complexity index is 713. The number of aromatic hydroxyl groups is 1. The van der Waals surface area contributed by atoms with Crippen LogP contribution in [0.1, 0.15) is 12.5 Å². The van der Waals surface area contributed by atoms with E-state index in [9.17, 15) is 20.0 Å². The molecule has 0 atom stereocenters. The zero-order valence-electron chi connectivity index (χ0n) is 13.7. The number of nitrogens with zero attached hydrogens (tertiary/aromatic N) is 3.